The molecule has 0 saturated carbocycles. The van der Waals surface area contributed by atoms with Crippen LogP contribution in [-0.4, -0.2) is 19.6 Å². The third-order valence-corrected chi connectivity index (χ3v) is 2.55. The van der Waals surface area contributed by atoms with Gasteiger partial charge in [-0.05, 0) is 23.7 Å². The minimum atomic E-state index is 0.291. The molecule has 0 aliphatic carbocycles. The first-order valence-corrected chi connectivity index (χ1v) is 5.12. The summed E-state index contributed by atoms with van der Waals surface area (Å²) in [7, 11) is 0. The van der Waals surface area contributed by atoms with Gasteiger partial charge in [0.25, 0.3) is 0 Å². The number of aromatic nitrogens is 4. The molecule has 3 aromatic heterocycles. The van der Waals surface area contributed by atoms with Gasteiger partial charge in [-0.1, -0.05) is 11.6 Å². The van der Waals surface area contributed by atoms with E-state index in [9.17, 15) is 0 Å². The van der Waals surface area contributed by atoms with Gasteiger partial charge in [0.2, 0.25) is 5.82 Å². The summed E-state index contributed by atoms with van der Waals surface area (Å²) < 4.78 is 6.94. The molecule has 3 rings (SSSR count). The fraction of sp³-hybridized carbons (Fsp3) is 0. The highest BCUT2D eigenvalue weighted by atomic mass is 35.5. The summed E-state index contributed by atoms with van der Waals surface area (Å²) in [6.07, 6.45) is 3.26. The molecule has 3 aromatic rings. The summed E-state index contributed by atoms with van der Waals surface area (Å²) in [5, 5.41) is 8.48. The molecule has 0 aromatic carbocycles. The average molecular weight is 255 g/mol. The third-order valence-electron chi connectivity index (χ3n) is 2.08. The molecule has 80 valence electrons. The molecule has 0 aliphatic rings. The van der Waals surface area contributed by atoms with Crippen LogP contribution in [0.15, 0.2) is 28.9 Å². The lowest BCUT2D eigenvalue weighted by Crippen LogP contribution is -1.89. The maximum absolute atomic E-state index is 5.87. The molecule has 0 aliphatic heterocycles. The molecule has 0 spiro atoms. The lowest BCUT2D eigenvalue weighted by atomic mass is 10.4. The van der Waals surface area contributed by atoms with Crippen LogP contribution in [0.4, 0.5) is 0 Å². The van der Waals surface area contributed by atoms with E-state index in [1.54, 1.807) is 28.9 Å². The van der Waals surface area contributed by atoms with E-state index in [0.29, 0.717) is 27.6 Å². The van der Waals surface area contributed by atoms with Gasteiger partial charge < -0.3 is 4.42 Å². The van der Waals surface area contributed by atoms with Crippen molar-refractivity contribution in [3.8, 4) is 11.6 Å². The molecular weight excluding hydrogens is 251 g/mol. The third kappa shape index (κ3) is 1.36. The number of fused-ring (bicyclic) bond motifs is 1. The minimum absolute atomic E-state index is 0.291. The number of nitrogens with zero attached hydrogens (tertiary/aromatic N) is 4. The Hall–Kier alpha value is -1.59. The van der Waals surface area contributed by atoms with Gasteiger partial charge in [-0.3, -0.25) is 4.40 Å². The molecular formula is C9H4Cl2N4O. The van der Waals surface area contributed by atoms with Crippen LogP contribution in [0.1, 0.15) is 0 Å². The molecule has 5 nitrogen and oxygen atoms in total. The Labute approximate surface area is 99.6 Å². The van der Waals surface area contributed by atoms with Gasteiger partial charge in [0.15, 0.2) is 21.8 Å². The Morgan fingerprint density at radius 3 is 2.81 bits per heavy atom. The molecule has 0 bridgehead atoms. The first-order valence-electron chi connectivity index (χ1n) is 4.36. The van der Waals surface area contributed by atoms with Crippen molar-refractivity contribution in [2.75, 3.05) is 0 Å². The Kier molecular flexibility index (Phi) is 2.08. The molecule has 3 heterocycles. The maximum atomic E-state index is 5.87. The smallest absolute Gasteiger partial charge is 0.204 e. The van der Waals surface area contributed by atoms with Gasteiger partial charge in [0.1, 0.15) is 0 Å². The molecule has 0 saturated heterocycles. The topological polar surface area (TPSA) is 56.2 Å². The van der Waals surface area contributed by atoms with Crippen LogP contribution < -0.4 is 0 Å². The van der Waals surface area contributed by atoms with E-state index < -0.39 is 0 Å². The van der Waals surface area contributed by atoms with E-state index in [2.05, 4.69) is 15.2 Å². The number of halogens is 2. The predicted molar refractivity (Wildman–Crippen MR) is 58.5 cm³/mol. The van der Waals surface area contributed by atoms with Crippen LogP contribution in [0.2, 0.25) is 10.4 Å². The SMILES string of the molecule is Clc1ccc(-c2nnc3c(Cl)nccn23)o1. The van der Waals surface area contributed by atoms with Gasteiger partial charge in [-0.2, -0.15) is 0 Å². The van der Waals surface area contributed by atoms with Crippen molar-refractivity contribution in [3.63, 3.8) is 0 Å². The van der Waals surface area contributed by atoms with Gasteiger partial charge in [0, 0.05) is 12.4 Å². The summed E-state index contributed by atoms with van der Waals surface area (Å²) in [4.78, 5) is 3.90. The Bertz CT molecular complexity index is 660. The van der Waals surface area contributed by atoms with Crippen LogP contribution in [0.25, 0.3) is 17.2 Å². The van der Waals surface area contributed by atoms with Gasteiger partial charge in [-0.25, -0.2) is 4.98 Å². The van der Waals surface area contributed by atoms with Crippen molar-refractivity contribution < 1.29 is 4.42 Å². The molecule has 0 fully saturated rings. The molecule has 0 unspecified atom stereocenters. The van der Waals surface area contributed by atoms with Crippen LogP contribution in [0, 0.1) is 0 Å². The van der Waals surface area contributed by atoms with Crippen molar-refractivity contribution in [3.05, 3.63) is 34.9 Å². The number of hydrogen-bond acceptors (Lipinski definition) is 4. The Morgan fingerprint density at radius 1 is 1.19 bits per heavy atom. The van der Waals surface area contributed by atoms with Crippen LogP contribution >= 0.6 is 23.2 Å². The van der Waals surface area contributed by atoms with Crippen molar-refractivity contribution >= 4 is 28.8 Å². The summed E-state index contributed by atoms with van der Waals surface area (Å²) in [5.74, 6) is 1.06. The zero-order valence-corrected chi connectivity index (χ0v) is 9.27. The highest BCUT2D eigenvalue weighted by Crippen LogP contribution is 2.24. The fourth-order valence-electron chi connectivity index (χ4n) is 1.40. The standard InChI is InChI=1S/C9H4Cl2N4O/c10-6-2-1-5(16-6)8-13-14-9-7(11)12-3-4-15(8)9/h1-4H. The quantitative estimate of drug-likeness (QED) is 0.670. The normalized spacial score (nSPS) is 11.1. The second kappa shape index (κ2) is 3.47. The summed E-state index contributed by atoms with van der Waals surface area (Å²) >= 11 is 11.6. The summed E-state index contributed by atoms with van der Waals surface area (Å²) in [5.41, 5.74) is 0.478. The van der Waals surface area contributed by atoms with Crippen molar-refractivity contribution in [1.82, 2.24) is 19.6 Å². The fourth-order valence-corrected chi connectivity index (χ4v) is 1.73. The van der Waals surface area contributed by atoms with E-state index in [4.69, 9.17) is 27.6 Å². The first kappa shape index (κ1) is 9.62. The molecule has 0 atom stereocenters. The van der Waals surface area contributed by atoms with E-state index in [1.165, 1.54) is 0 Å². The zero-order chi connectivity index (χ0) is 11.1. The summed E-state index contributed by atoms with van der Waals surface area (Å²) in [6, 6.07) is 3.36. The van der Waals surface area contributed by atoms with E-state index >= 15 is 0 Å². The second-order valence-corrected chi connectivity index (χ2v) is 3.77. The van der Waals surface area contributed by atoms with Crippen molar-refractivity contribution in [2.24, 2.45) is 0 Å². The Morgan fingerprint density at radius 2 is 2.06 bits per heavy atom. The van der Waals surface area contributed by atoms with E-state index in [0.717, 1.165) is 0 Å². The molecule has 0 N–H and O–H groups in total. The van der Waals surface area contributed by atoms with Crippen LogP contribution in [0.5, 0.6) is 0 Å². The van der Waals surface area contributed by atoms with Crippen LogP contribution in [0.3, 0.4) is 0 Å². The van der Waals surface area contributed by atoms with E-state index in [-0.39, 0.29) is 0 Å². The highest BCUT2D eigenvalue weighted by molar-refractivity contribution is 6.32. The first-order chi connectivity index (χ1) is 7.75. The van der Waals surface area contributed by atoms with Gasteiger partial charge in [0.05, 0.1) is 0 Å². The van der Waals surface area contributed by atoms with E-state index in [1.807, 2.05) is 0 Å². The van der Waals surface area contributed by atoms with Crippen molar-refractivity contribution in [2.45, 2.75) is 0 Å². The second-order valence-electron chi connectivity index (χ2n) is 3.04. The molecule has 16 heavy (non-hydrogen) atoms. The number of hydrogen-bond donors (Lipinski definition) is 0. The predicted octanol–water partition coefficient (Wildman–Crippen LogP) is 2.69. The Balaban J connectivity index is 2.29. The average Bonchev–Trinajstić information content (AvgIpc) is 2.84. The largest absolute Gasteiger partial charge is 0.441 e. The number of rotatable bonds is 1. The lowest BCUT2D eigenvalue weighted by Gasteiger charge is -1.95. The molecule has 0 radical (unpaired) electrons. The molecule has 0 amide bonds. The monoisotopic (exact) mass is 254 g/mol. The summed E-state index contributed by atoms with van der Waals surface area (Å²) in [6.45, 7) is 0. The van der Waals surface area contributed by atoms with Gasteiger partial charge in [-0.15, -0.1) is 10.2 Å². The van der Waals surface area contributed by atoms with Crippen molar-refractivity contribution in [1.29, 1.82) is 0 Å². The van der Waals surface area contributed by atoms with Crippen LogP contribution in [-0.2, 0) is 0 Å². The number of furan rings is 1. The zero-order valence-electron chi connectivity index (χ0n) is 7.76. The van der Waals surface area contributed by atoms with Gasteiger partial charge >= 0.3 is 0 Å². The lowest BCUT2D eigenvalue weighted by molar-refractivity contribution is 0.578. The highest BCUT2D eigenvalue weighted by Gasteiger charge is 2.13. The molecule has 7 heteroatoms. The maximum Gasteiger partial charge on any atom is 0.204 e. The minimum Gasteiger partial charge on any atom is -0.441 e.